The van der Waals surface area contributed by atoms with Gasteiger partial charge in [0, 0.05) is 19.0 Å². The van der Waals surface area contributed by atoms with Gasteiger partial charge in [-0.3, -0.25) is 10.2 Å². The molecule has 23 heavy (non-hydrogen) atoms. The number of piperidine rings is 1. The summed E-state index contributed by atoms with van der Waals surface area (Å²) in [6.07, 6.45) is 3.76. The summed E-state index contributed by atoms with van der Waals surface area (Å²) in [5.74, 6) is -0.374. The zero-order valence-corrected chi connectivity index (χ0v) is 13.2. The zero-order valence-electron chi connectivity index (χ0n) is 12.4. The van der Waals surface area contributed by atoms with Crippen molar-refractivity contribution < 1.29 is 13.2 Å². The second kappa shape index (κ2) is 6.47. The van der Waals surface area contributed by atoms with Crippen molar-refractivity contribution in [2.75, 3.05) is 18.5 Å². The van der Waals surface area contributed by atoms with Crippen LogP contribution in [0.1, 0.15) is 12.8 Å². The summed E-state index contributed by atoms with van der Waals surface area (Å²) in [7, 11) is -3.48. The van der Waals surface area contributed by atoms with Crippen molar-refractivity contribution in [3.63, 3.8) is 0 Å². The third-order valence-corrected chi connectivity index (χ3v) is 5.78. The van der Waals surface area contributed by atoms with Crippen molar-refractivity contribution >= 4 is 15.9 Å². The Morgan fingerprint density at radius 3 is 2.30 bits per heavy atom. The molecule has 8 nitrogen and oxygen atoms in total. The second-order valence-electron chi connectivity index (χ2n) is 5.34. The molecule has 1 aliphatic rings. The predicted octanol–water partition coefficient (Wildman–Crippen LogP) is 0.449. The fourth-order valence-electron chi connectivity index (χ4n) is 2.58. The van der Waals surface area contributed by atoms with Gasteiger partial charge in [0.15, 0.2) is 0 Å². The summed E-state index contributed by atoms with van der Waals surface area (Å²) < 4.78 is 27.9. The molecule has 2 aromatic rings. The molecule has 9 heteroatoms. The van der Waals surface area contributed by atoms with Gasteiger partial charge >= 0.3 is 0 Å². The lowest BCUT2D eigenvalue weighted by atomic mass is 9.98. The summed E-state index contributed by atoms with van der Waals surface area (Å²) in [6.45, 7) is 0.662. The fraction of sp³-hybridized carbons (Fsp3) is 0.357. The molecule has 122 valence electrons. The molecule has 0 radical (unpaired) electrons. The molecule has 1 amide bonds. The quantitative estimate of drug-likeness (QED) is 0.875. The van der Waals surface area contributed by atoms with Crippen LogP contribution < -0.4 is 5.43 Å². The van der Waals surface area contributed by atoms with Crippen molar-refractivity contribution in [3.8, 4) is 0 Å². The molecule has 1 aromatic carbocycles. The smallest absolute Gasteiger partial charge is 0.243 e. The Balaban J connectivity index is 1.61. The van der Waals surface area contributed by atoms with Crippen molar-refractivity contribution in [3.05, 3.63) is 43.0 Å². The molecule has 1 aromatic heterocycles. The second-order valence-corrected chi connectivity index (χ2v) is 7.27. The lowest BCUT2D eigenvalue weighted by Crippen LogP contribution is -2.42. The number of hydrogen-bond donors (Lipinski definition) is 1. The number of carbonyl (C=O) groups excluding carboxylic acids is 1. The minimum Gasteiger partial charge on any atom is -0.273 e. The molecule has 1 fully saturated rings. The van der Waals surface area contributed by atoms with Crippen LogP contribution in [0.25, 0.3) is 0 Å². The van der Waals surface area contributed by atoms with Gasteiger partial charge in [0.05, 0.1) is 4.90 Å². The van der Waals surface area contributed by atoms with E-state index < -0.39 is 10.0 Å². The Labute approximate surface area is 134 Å². The van der Waals surface area contributed by atoms with E-state index in [9.17, 15) is 13.2 Å². The van der Waals surface area contributed by atoms with Gasteiger partial charge in [-0.2, -0.15) is 4.31 Å². The average molecular weight is 335 g/mol. The minimum absolute atomic E-state index is 0.151. The Kier molecular flexibility index (Phi) is 4.39. The average Bonchev–Trinajstić information content (AvgIpc) is 3.09. The zero-order chi connectivity index (χ0) is 16.3. The van der Waals surface area contributed by atoms with Gasteiger partial charge in [-0.25, -0.2) is 13.1 Å². The van der Waals surface area contributed by atoms with Crippen LogP contribution >= 0.6 is 0 Å². The van der Waals surface area contributed by atoms with Crippen molar-refractivity contribution in [2.24, 2.45) is 5.92 Å². The molecule has 0 spiro atoms. The number of amides is 1. The molecule has 1 aliphatic heterocycles. The fourth-order valence-corrected chi connectivity index (χ4v) is 4.07. The van der Waals surface area contributed by atoms with E-state index in [-0.39, 0.29) is 16.7 Å². The molecule has 0 bridgehead atoms. The Hall–Kier alpha value is -2.26. The van der Waals surface area contributed by atoms with Crippen LogP contribution in [0, 0.1) is 5.92 Å². The Bertz CT molecular complexity index is 753. The first-order valence-corrected chi connectivity index (χ1v) is 8.72. The number of rotatable bonds is 4. The number of sulfonamides is 1. The summed E-state index contributed by atoms with van der Waals surface area (Å²) in [6, 6.07) is 8.35. The van der Waals surface area contributed by atoms with Crippen LogP contribution in [-0.2, 0) is 14.8 Å². The van der Waals surface area contributed by atoms with E-state index in [0.717, 1.165) is 0 Å². The maximum Gasteiger partial charge on any atom is 0.243 e. The molecule has 0 unspecified atom stereocenters. The molecule has 3 rings (SSSR count). The van der Waals surface area contributed by atoms with Gasteiger partial charge in [-0.1, -0.05) is 18.2 Å². The standard InChI is InChI=1S/C14H17N5O3S/c20-14(17-18-10-15-16-11-18)12-6-8-19(9-7-12)23(21,22)13-4-2-1-3-5-13/h1-5,10-12H,6-9H2,(H,17,20). The van der Waals surface area contributed by atoms with Gasteiger partial charge in [0.25, 0.3) is 0 Å². The van der Waals surface area contributed by atoms with E-state index in [1.807, 2.05) is 0 Å². The number of hydrogen-bond acceptors (Lipinski definition) is 5. The first-order chi connectivity index (χ1) is 11.1. The van der Waals surface area contributed by atoms with Crippen LogP contribution in [0.2, 0.25) is 0 Å². The van der Waals surface area contributed by atoms with Crippen LogP contribution in [0.15, 0.2) is 47.9 Å². The molecule has 2 heterocycles. The van der Waals surface area contributed by atoms with Crippen molar-refractivity contribution in [2.45, 2.75) is 17.7 Å². The lowest BCUT2D eigenvalue weighted by molar-refractivity contribution is -0.121. The van der Waals surface area contributed by atoms with E-state index in [1.165, 1.54) is 21.6 Å². The molecular formula is C14H17N5O3S. The highest BCUT2D eigenvalue weighted by Gasteiger charge is 2.32. The highest BCUT2D eigenvalue weighted by atomic mass is 32.2. The van der Waals surface area contributed by atoms with Crippen LogP contribution in [0.4, 0.5) is 0 Å². The number of carbonyl (C=O) groups is 1. The molecule has 1 N–H and O–H groups in total. The molecule has 0 atom stereocenters. The third-order valence-electron chi connectivity index (χ3n) is 3.86. The monoisotopic (exact) mass is 335 g/mol. The topological polar surface area (TPSA) is 97.2 Å². The number of benzene rings is 1. The SMILES string of the molecule is O=C(Nn1cnnc1)C1CCN(S(=O)(=O)c2ccccc2)CC1. The minimum atomic E-state index is -3.48. The summed E-state index contributed by atoms with van der Waals surface area (Å²) in [5.41, 5.74) is 2.66. The lowest BCUT2D eigenvalue weighted by Gasteiger charge is -2.30. The maximum absolute atomic E-state index is 12.5. The summed E-state index contributed by atoms with van der Waals surface area (Å²) >= 11 is 0. The van der Waals surface area contributed by atoms with E-state index in [1.54, 1.807) is 30.3 Å². The summed E-state index contributed by atoms with van der Waals surface area (Å²) in [4.78, 5) is 12.4. The Morgan fingerprint density at radius 2 is 1.70 bits per heavy atom. The largest absolute Gasteiger partial charge is 0.273 e. The van der Waals surface area contributed by atoms with Gasteiger partial charge in [-0.05, 0) is 25.0 Å². The van der Waals surface area contributed by atoms with Crippen LogP contribution in [0.5, 0.6) is 0 Å². The maximum atomic E-state index is 12.5. The normalized spacial score (nSPS) is 17.0. The highest BCUT2D eigenvalue weighted by Crippen LogP contribution is 2.23. The van der Waals surface area contributed by atoms with Crippen molar-refractivity contribution in [1.29, 1.82) is 0 Å². The highest BCUT2D eigenvalue weighted by molar-refractivity contribution is 7.89. The van der Waals surface area contributed by atoms with Gasteiger partial charge in [0.2, 0.25) is 15.9 Å². The first-order valence-electron chi connectivity index (χ1n) is 7.28. The molecule has 1 saturated heterocycles. The van der Waals surface area contributed by atoms with Gasteiger partial charge in [-0.15, -0.1) is 10.2 Å². The van der Waals surface area contributed by atoms with Gasteiger partial charge < -0.3 is 0 Å². The first kappa shape index (κ1) is 15.6. The van der Waals surface area contributed by atoms with Crippen molar-refractivity contribution in [1.82, 2.24) is 19.2 Å². The van der Waals surface area contributed by atoms with E-state index in [0.29, 0.717) is 25.9 Å². The number of aromatic nitrogens is 3. The Morgan fingerprint density at radius 1 is 1.09 bits per heavy atom. The van der Waals surface area contributed by atoms with E-state index >= 15 is 0 Å². The number of nitrogens with one attached hydrogen (secondary N) is 1. The van der Waals surface area contributed by atoms with Gasteiger partial charge in [0.1, 0.15) is 12.7 Å². The predicted molar refractivity (Wildman–Crippen MR) is 82.3 cm³/mol. The van der Waals surface area contributed by atoms with E-state index in [4.69, 9.17) is 0 Å². The molecule has 0 aliphatic carbocycles. The third kappa shape index (κ3) is 3.40. The van der Waals surface area contributed by atoms with Crippen LogP contribution in [0.3, 0.4) is 0 Å². The summed E-state index contributed by atoms with van der Waals surface area (Å²) in [5, 5.41) is 7.22. The van der Waals surface area contributed by atoms with Crippen LogP contribution in [-0.4, -0.2) is 46.6 Å². The van der Waals surface area contributed by atoms with E-state index in [2.05, 4.69) is 15.6 Å². The number of nitrogens with zero attached hydrogens (tertiary/aromatic N) is 4. The molecular weight excluding hydrogens is 318 g/mol. The molecule has 0 saturated carbocycles.